The normalized spacial score (nSPS) is 10.8. The van der Waals surface area contributed by atoms with E-state index in [2.05, 4.69) is 15.3 Å². The highest BCUT2D eigenvalue weighted by atomic mass is 16.2. The average Bonchev–Trinajstić information content (AvgIpc) is 2.55. The summed E-state index contributed by atoms with van der Waals surface area (Å²) in [6.45, 7) is 5.01. The monoisotopic (exact) mass is 248 g/mol. The van der Waals surface area contributed by atoms with E-state index in [9.17, 15) is 4.79 Å². The molecule has 0 saturated heterocycles. The van der Waals surface area contributed by atoms with Gasteiger partial charge in [-0.1, -0.05) is 0 Å². The number of amides is 2. The van der Waals surface area contributed by atoms with Crippen molar-refractivity contribution < 1.29 is 4.79 Å². The Morgan fingerprint density at radius 1 is 1.44 bits per heavy atom. The summed E-state index contributed by atoms with van der Waals surface area (Å²) in [5, 5.41) is 3.42. The second kappa shape index (κ2) is 4.52. The number of urea groups is 1. The van der Waals surface area contributed by atoms with Crippen molar-refractivity contribution in [1.82, 2.24) is 19.9 Å². The molecule has 2 heterocycles. The average molecular weight is 248 g/mol. The molecular formula is C11H16N6O. The van der Waals surface area contributed by atoms with Crippen LogP contribution in [0.2, 0.25) is 0 Å². The molecule has 2 rings (SSSR count). The second-order valence-electron chi connectivity index (χ2n) is 4.11. The number of rotatable bonds is 3. The molecule has 0 aliphatic rings. The van der Waals surface area contributed by atoms with Gasteiger partial charge in [-0.15, -0.1) is 0 Å². The van der Waals surface area contributed by atoms with Gasteiger partial charge in [-0.25, -0.2) is 14.8 Å². The number of carbonyl (C=O) groups excluding carboxylic acids is 1. The second-order valence-corrected chi connectivity index (χ2v) is 4.11. The van der Waals surface area contributed by atoms with Crippen LogP contribution in [-0.4, -0.2) is 27.1 Å². The molecule has 18 heavy (non-hydrogen) atoms. The van der Waals surface area contributed by atoms with E-state index in [-0.39, 0.29) is 0 Å². The van der Waals surface area contributed by atoms with E-state index in [0.29, 0.717) is 18.9 Å². The van der Waals surface area contributed by atoms with Crippen molar-refractivity contribution in [2.75, 3.05) is 12.3 Å². The zero-order valence-corrected chi connectivity index (χ0v) is 10.4. The van der Waals surface area contributed by atoms with Gasteiger partial charge in [0.05, 0.1) is 5.39 Å². The van der Waals surface area contributed by atoms with Crippen LogP contribution in [0.1, 0.15) is 11.3 Å². The first-order valence-corrected chi connectivity index (χ1v) is 5.61. The van der Waals surface area contributed by atoms with Crippen molar-refractivity contribution in [2.45, 2.75) is 20.4 Å². The molecule has 0 aliphatic heterocycles. The lowest BCUT2D eigenvalue weighted by atomic mass is 10.2. The van der Waals surface area contributed by atoms with Crippen LogP contribution in [0.3, 0.4) is 0 Å². The first-order valence-electron chi connectivity index (χ1n) is 5.61. The van der Waals surface area contributed by atoms with Gasteiger partial charge in [-0.3, -0.25) is 0 Å². The van der Waals surface area contributed by atoms with Gasteiger partial charge in [0, 0.05) is 18.8 Å². The van der Waals surface area contributed by atoms with Crippen molar-refractivity contribution in [2.24, 2.45) is 5.73 Å². The number of fused-ring (bicyclic) bond motifs is 1. The molecule has 2 amide bonds. The summed E-state index contributed by atoms with van der Waals surface area (Å²) in [7, 11) is 0. The van der Waals surface area contributed by atoms with Gasteiger partial charge in [0.1, 0.15) is 17.8 Å². The number of hydrogen-bond acceptors (Lipinski definition) is 4. The number of hydrogen-bond donors (Lipinski definition) is 3. The van der Waals surface area contributed by atoms with Gasteiger partial charge in [0.25, 0.3) is 0 Å². The van der Waals surface area contributed by atoms with Gasteiger partial charge in [-0.05, 0) is 19.4 Å². The Kier molecular flexibility index (Phi) is 3.05. The zero-order chi connectivity index (χ0) is 13.3. The molecule has 0 unspecified atom stereocenters. The van der Waals surface area contributed by atoms with Gasteiger partial charge < -0.3 is 21.4 Å². The largest absolute Gasteiger partial charge is 0.383 e. The number of aryl methyl sites for hydroxylation is 1. The lowest BCUT2D eigenvalue weighted by Crippen LogP contribution is -2.32. The Balaban J connectivity index is 2.41. The highest BCUT2D eigenvalue weighted by Crippen LogP contribution is 2.26. The number of nitrogens with zero attached hydrogens (tertiary/aromatic N) is 3. The summed E-state index contributed by atoms with van der Waals surface area (Å²) < 4.78 is 2.00. The van der Waals surface area contributed by atoms with E-state index in [0.717, 1.165) is 22.3 Å². The number of aromatic nitrogens is 3. The van der Waals surface area contributed by atoms with Crippen molar-refractivity contribution in [1.29, 1.82) is 0 Å². The van der Waals surface area contributed by atoms with E-state index in [1.807, 2.05) is 18.4 Å². The predicted octanol–water partition coefficient (Wildman–Crippen LogP) is 0.299. The number of carbonyl (C=O) groups is 1. The number of nitrogen functional groups attached to an aromatic ring is 1. The summed E-state index contributed by atoms with van der Waals surface area (Å²) >= 11 is 0. The van der Waals surface area contributed by atoms with Crippen LogP contribution in [0.15, 0.2) is 6.33 Å². The number of anilines is 1. The Hall–Kier alpha value is -2.31. The first-order chi connectivity index (χ1) is 8.52. The third kappa shape index (κ3) is 1.94. The van der Waals surface area contributed by atoms with E-state index >= 15 is 0 Å². The molecule has 0 atom stereocenters. The molecular weight excluding hydrogens is 232 g/mol. The van der Waals surface area contributed by atoms with E-state index in [4.69, 9.17) is 11.5 Å². The van der Waals surface area contributed by atoms with E-state index < -0.39 is 6.03 Å². The molecule has 2 aromatic heterocycles. The summed E-state index contributed by atoms with van der Waals surface area (Å²) in [6.07, 6.45) is 1.44. The Morgan fingerprint density at radius 3 is 2.83 bits per heavy atom. The quantitative estimate of drug-likeness (QED) is 0.725. The minimum absolute atomic E-state index is 0.448. The Morgan fingerprint density at radius 2 is 2.17 bits per heavy atom. The molecule has 0 saturated carbocycles. The topological polar surface area (TPSA) is 112 Å². The fourth-order valence-corrected chi connectivity index (χ4v) is 2.06. The van der Waals surface area contributed by atoms with Gasteiger partial charge in [0.15, 0.2) is 0 Å². The number of nitrogens with one attached hydrogen (secondary N) is 1. The predicted molar refractivity (Wildman–Crippen MR) is 69.0 cm³/mol. The summed E-state index contributed by atoms with van der Waals surface area (Å²) in [5.41, 5.74) is 13.8. The maximum atomic E-state index is 10.7. The Bertz CT molecular complexity index is 603. The molecule has 2 aromatic rings. The van der Waals surface area contributed by atoms with Crippen molar-refractivity contribution in [3.63, 3.8) is 0 Å². The maximum Gasteiger partial charge on any atom is 0.312 e. The molecule has 5 N–H and O–H groups in total. The highest BCUT2D eigenvalue weighted by Gasteiger charge is 2.14. The van der Waals surface area contributed by atoms with E-state index in [1.54, 1.807) is 0 Å². The zero-order valence-electron chi connectivity index (χ0n) is 10.4. The van der Waals surface area contributed by atoms with Crippen LogP contribution >= 0.6 is 0 Å². The van der Waals surface area contributed by atoms with Crippen LogP contribution in [0, 0.1) is 13.8 Å². The molecule has 96 valence electrons. The number of nitrogens with two attached hydrogens (primary N) is 2. The molecule has 0 aromatic carbocycles. The summed E-state index contributed by atoms with van der Waals surface area (Å²) in [5.74, 6) is 0.474. The molecule has 0 bridgehead atoms. The minimum Gasteiger partial charge on any atom is -0.383 e. The molecule has 0 spiro atoms. The SMILES string of the molecule is Cc1c(C)n(CCNC(N)=O)c2ncnc(N)c12. The third-order valence-corrected chi connectivity index (χ3v) is 3.07. The maximum absolute atomic E-state index is 10.7. The molecule has 7 heteroatoms. The standard InChI is InChI=1S/C11H16N6O/c1-6-7(2)17(4-3-14-11(13)18)10-8(6)9(12)15-5-16-10/h5H,3-4H2,1-2H3,(H2,12,15,16)(H3,13,14,18). The summed E-state index contributed by atoms with van der Waals surface area (Å²) in [6, 6.07) is -0.532. The smallest absolute Gasteiger partial charge is 0.312 e. The van der Waals surface area contributed by atoms with E-state index in [1.165, 1.54) is 6.33 Å². The van der Waals surface area contributed by atoms with Gasteiger partial charge in [0.2, 0.25) is 0 Å². The van der Waals surface area contributed by atoms with Gasteiger partial charge in [-0.2, -0.15) is 0 Å². The molecule has 0 radical (unpaired) electrons. The lowest BCUT2D eigenvalue weighted by molar-refractivity contribution is 0.248. The minimum atomic E-state index is -0.532. The van der Waals surface area contributed by atoms with Crippen molar-refractivity contribution >= 4 is 22.9 Å². The fraction of sp³-hybridized carbons (Fsp3) is 0.364. The first kappa shape index (κ1) is 12.2. The van der Waals surface area contributed by atoms with Crippen LogP contribution in [-0.2, 0) is 6.54 Å². The number of primary amides is 1. The van der Waals surface area contributed by atoms with Crippen LogP contribution in [0.5, 0.6) is 0 Å². The fourth-order valence-electron chi connectivity index (χ4n) is 2.06. The molecule has 0 aliphatic carbocycles. The molecule has 0 fully saturated rings. The van der Waals surface area contributed by atoms with Crippen molar-refractivity contribution in [3.8, 4) is 0 Å². The third-order valence-electron chi connectivity index (χ3n) is 3.07. The summed E-state index contributed by atoms with van der Waals surface area (Å²) in [4.78, 5) is 18.9. The van der Waals surface area contributed by atoms with Crippen LogP contribution < -0.4 is 16.8 Å². The van der Waals surface area contributed by atoms with Crippen LogP contribution in [0.25, 0.3) is 11.0 Å². The molecule has 7 nitrogen and oxygen atoms in total. The lowest BCUT2D eigenvalue weighted by Gasteiger charge is -2.07. The highest BCUT2D eigenvalue weighted by molar-refractivity contribution is 5.90. The van der Waals surface area contributed by atoms with Crippen molar-refractivity contribution in [3.05, 3.63) is 17.6 Å². The Labute approximate surface area is 104 Å². The van der Waals surface area contributed by atoms with Gasteiger partial charge >= 0.3 is 6.03 Å². The van der Waals surface area contributed by atoms with Crippen LogP contribution in [0.4, 0.5) is 10.6 Å².